The number of hydrogen-bond donors (Lipinski definition) is 1. The molecule has 0 saturated heterocycles. The normalized spacial score (nSPS) is 12.6. The van der Waals surface area contributed by atoms with Crippen LogP contribution in [0.5, 0.6) is 0 Å². The van der Waals surface area contributed by atoms with Gasteiger partial charge in [0.2, 0.25) is 0 Å². The minimum absolute atomic E-state index is 0.203. The van der Waals surface area contributed by atoms with E-state index in [4.69, 9.17) is 0 Å². The highest BCUT2D eigenvalue weighted by Crippen LogP contribution is 2.28. The van der Waals surface area contributed by atoms with E-state index in [0.29, 0.717) is 0 Å². The lowest BCUT2D eigenvalue weighted by Gasteiger charge is -2.18. The zero-order valence-corrected chi connectivity index (χ0v) is 14.2. The fraction of sp³-hybridized carbons (Fsp3) is 0.375. The number of rotatable bonds is 6. The monoisotopic (exact) mass is 355 g/mol. The molecule has 1 nitrogen and oxygen atoms in total. The molecule has 0 aliphatic rings. The van der Waals surface area contributed by atoms with Gasteiger partial charge >= 0.3 is 0 Å². The van der Waals surface area contributed by atoms with Crippen molar-refractivity contribution in [2.75, 3.05) is 6.54 Å². The second kappa shape index (κ2) is 7.34. The highest BCUT2D eigenvalue weighted by atomic mass is 79.9. The molecule has 1 unspecified atom stereocenters. The molecule has 4 heteroatoms. The van der Waals surface area contributed by atoms with Crippen molar-refractivity contribution in [3.05, 3.63) is 55.9 Å². The lowest BCUT2D eigenvalue weighted by molar-refractivity contribution is 0.535. The van der Waals surface area contributed by atoms with Crippen LogP contribution in [-0.4, -0.2) is 6.54 Å². The molecule has 0 saturated carbocycles. The third kappa shape index (κ3) is 4.14. The molecule has 0 radical (unpaired) electrons. The molecule has 2 aromatic rings. The summed E-state index contributed by atoms with van der Waals surface area (Å²) in [5, 5.41) is 3.59. The Bertz CT molecular complexity index is 567. The van der Waals surface area contributed by atoms with Gasteiger partial charge in [-0.05, 0) is 56.1 Å². The van der Waals surface area contributed by atoms with Crippen LogP contribution in [0.4, 0.5) is 4.39 Å². The Labute approximate surface area is 132 Å². The summed E-state index contributed by atoms with van der Waals surface area (Å²) in [5.74, 6) is -0.203. The summed E-state index contributed by atoms with van der Waals surface area (Å²) in [6.45, 7) is 5.27. The molecule has 0 aliphatic carbocycles. The maximum Gasteiger partial charge on any atom is 0.124 e. The quantitative estimate of drug-likeness (QED) is 0.746. The minimum atomic E-state index is -0.203. The van der Waals surface area contributed by atoms with E-state index < -0.39 is 0 Å². The third-order valence-electron chi connectivity index (χ3n) is 3.18. The van der Waals surface area contributed by atoms with Crippen LogP contribution in [0.15, 0.2) is 34.8 Å². The predicted molar refractivity (Wildman–Crippen MR) is 87.9 cm³/mol. The molecule has 20 heavy (non-hydrogen) atoms. The summed E-state index contributed by atoms with van der Waals surface area (Å²) < 4.78 is 14.0. The standard InChI is InChI=1S/C16H19BrFNS/c1-3-8-19-15(16-7-4-11(2)20-16)9-12-5-6-13(18)10-14(12)17/h4-7,10,15,19H,3,8-9H2,1-2H3. The van der Waals surface area contributed by atoms with E-state index in [0.717, 1.165) is 29.4 Å². The largest absolute Gasteiger partial charge is 0.309 e. The molecule has 0 aliphatic heterocycles. The number of halogens is 2. The summed E-state index contributed by atoms with van der Waals surface area (Å²) in [6, 6.07) is 9.55. The van der Waals surface area contributed by atoms with Gasteiger partial charge < -0.3 is 5.32 Å². The fourth-order valence-corrected chi connectivity index (χ4v) is 3.61. The van der Waals surface area contributed by atoms with Crippen LogP contribution in [0.2, 0.25) is 0 Å². The summed E-state index contributed by atoms with van der Waals surface area (Å²) in [7, 11) is 0. The average Bonchev–Trinajstić information content (AvgIpc) is 2.83. The van der Waals surface area contributed by atoms with Crippen molar-refractivity contribution in [3.63, 3.8) is 0 Å². The molecule has 1 atom stereocenters. The lowest BCUT2D eigenvalue weighted by atomic mass is 10.0. The summed E-state index contributed by atoms with van der Waals surface area (Å²) in [6.07, 6.45) is 1.96. The number of nitrogens with one attached hydrogen (secondary N) is 1. The van der Waals surface area contributed by atoms with Crippen molar-refractivity contribution in [1.82, 2.24) is 5.32 Å². The predicted octanol–water partition coefficient (Wildman–Crippen LogP) is 5.24. The van der Waals surface area contributed by atoms with Gasteiger partial charge in [0.25, 0.3) is 0 Å². The molecule has 0 bridgehead atoms. The molecule has 0 spiro atoms. The van der Waals surface area contributed by atoms with Gasteiger partial charge in [-0.3, -0.25) is 0 Å². The van der Waals surface area contributed by atoms with Gasteiger partial charge in [0, 0.05) is 20.3 Å². The Morgan fingerprint density at radius 3 is 2.70 bits per heavy atom. The van der Waals surface area contributed by atoms with Crippen LogP contribution in [0, 0.1) is 12.7 Å². The van der Waals surface area contributed by atoms with Gasteiger partial charge in [0.15, 0.2) is 0 Å². The van der Waals surface area contributed by atoms with E-state index in [1.807, 2.05) is 17.4 Å². The van der Waals surface area contributed by atoms with Gasteiger partial charge in [0.05, 0.1) is 0 Å². The molecule has 1 N–H and O–H groups in total. The second-order valence-corrected chi connectivity index (χ2v) is 7.07. The molecule has 2 rings (SSSR count). The summed E-state index contributed by atoms with van der Waals surface area (Å²) in [5.41, 5.74) is 1.13. The molecule has 108 valence electrons. The lowest BCUT2D eigenvalue weighted by Crippen LogP contribution is -2.23. The Morgan fingerprint density at radius 2 is 2.10 bits per heavy atom. The SMILES string of the molecule is CCCNC(Cc1ccc(F)cc1Br)c1ccc(C)s1. The van der Waals surface area contributed by atoms with Crippen LogP contribution < -0.4 is 5.32 Å². The van der Waals surface area contributed by atoms with Crippen LogP contribution in [-0.2, 0) is 6.42 Å². The van der Waals surface area contributed by atoms with Crippen LogP contribution in [0.1, 0.15) is 34.7 Å². The molecule has 0 fully saturated rings. The number of benzene rings is 1. The Kier molecular flexibility index (Phi) is 5.75. The van der Waals surface area contributed by atoms with Crippen LogP contribution >= 0.6 is 27.3 Å². The van der Waals surface area contributed by atoms with E-state index in [1.54, 1.807) is 0 Å². The summed E-state index contributed by atoms with van der Waals surface area (Å²) >= 11 is 5.28. The van der Waals surface area contributed by atoms with Gasteiger partial charge in [-0.25, -0.2) is 4.39 Å². The van der Waals surface area contributed by atoms with E-state index in [1.165, 1.54) is 21.9 Å². The number of thiophene rings is 1. The molecule has 0 amide bonds. The smallest absolute Gasteiger partial charge is 0.124 e. The van der Waals surface area contributed by atoms with E-state index >= 15 is 0 Å². The van der Waals surface area contributed by atoms with Crippen molar-refractivity contribution in [3.8, 4) is 0 Å². The topological polar surface area (TPSA) is 12.0 Å². The maximum absolute atomic E-state index is 13.2. The number of hydrogen-bond acceptors (Lipinski definition) is 2. The van der Waals surface area contributed by atoms with Gasteiger partial charge in [0.1, 0.15) is 5.82 Å². The Balaban J connectivity index is 2.18. The third-order valence-corrected chi connectivity index (χ3v) is 5.04. The molecule has 1 heterocycles. The molecular weight excluding hydrogens is 337 g/mol. The molecule has 1 aromatic heterocycles. The van der Waals surface area contributed by atoms with E-state index in [-0.39, 0.29) is 11.9 Å². The van der Waals surface area contributed by atoms with Crippen molar-refractivity contribution < 1.29 is 4.39 Å². The first-order valence-electron chi connectivity index (χ1n) is 6.83. The van der Waals surface area contributed by atoms with Crippen LogP contribution in [0.25, 0.3) is 0 Å². The van der Waals surface area contributed by atoms with Crippen molar-refractivity contribution in [2.45, 2.75) is 32.7 Å². The number of aryl methyl sites for hydroxylation is 1. The zero-order chi connectivity index (χ0) is 14.5. The van der Waals surface area contributed by atoms with Crippen molar-refractivity contribution in [2.24, 2.45) is 0 Å². The van der Waals surface area contributed by atoms with Crippen molar-refractivity contribution >= 4 is 27.3 Å². The first-order chi connectivity index (χ1) is 9.60. The first-order valence-corrected chi connectivity index (χ1v) is 8.44. The van der Waals surface area contributed by atoms with Crippen molar-refractivity contribution in [1.29, 1.82) is 0 Å². The van der Waals surface area contributed by atoms with Gasteiger partial charge in [-0.1, -0.05) is 28.9 Å². The minimum Gasteiger partial charge on any atom is -0.309 e. The zero-order valence-electron chi connectivity index (χ0n) is 11.7. The fourth-order valence-electron chi connectivity index (χ4n) is 2.14. The van der Waals surface area contributed by atoms with E-state index in [2.05, 4.69) is 47.2 Å². The summed E-state index contributed by atoms with van der Waals surface area (Å²) in [4.78, 5) is 2.66. The average molecular weight is 356 g/mol. The molecular formula is C16H19BrFNS. The van der Waals surface area contributed by atoms with Crippen LogP contribution in [0.3, 0.4) is 0 Å². The second-order valence-electron chi connectivity index (χ2n) is 4.89. The Hall–Kier alpha value is -0.710. The maximum atomic E-state index is 13.2. The van der Waals surface area contributed by atoms with E-state index in [9.17, 15) is 4.39 Å². The highest BCUT2D eigenvalue weighted by molar-refractivity contribution is 9.10. The van der Waals surface area contributed by atoms with Gasteiger partial charge in [-0.15, -0.1) is 11.3 Å². The molecule has 1 aromatic carbocycles. The Morgan fingerprint density at radius 1 is 1.30 bits per heavy atom. The first kappa shape index (κ1) is 15.7. The highest BCUT2D eigenvalue weighted by Gasteiger charge is 2.15. The van der Waals surface area contributed by atoms with Gasteiger partial charge in [-0.2, -0.15) is 0 Å².